The van der Waals surface area contributed by atoms with Gasteiger partial charge < -0.3 is 10.2 Å². The highest BCUT2D eigenvalue weighted by molar-refractivity contribution is 5.81. The molecule has 0 atom stereocenters. The van der Waals surface area contributed by atoms with Gasteiger partial charge in [0.2, 0.25) is 5.91 Å². The number of anilines is 1. The summed E-state index contributed by atoms with van der Waals surface area (Å²) in [4.78, 5) is 14.1. The van der Waals surface area contributed by atoms with E-state index in [0.717, 1.165) is 25.1 Å². The topological polar surface area (TPSA) is 32.3 Å². The molecule has 0 radical (unpaired) electrons. The lowest BCUT2D eigenvalue weighted by Gasteiger charge is -2.31. The predicted octanol–water partition coefficient (Wildman–Crippen LogP) is 2.50. The molecule has 1 aromatic carbocycles. The summed E-state index contributed by atoms with van der Waals surface area (Å²) in [6.07, 6.45) is 2.22. The maximum absolute atomic E-state index is 12.1. The monoisotopic (exact) mass is 232 g/mol. The molecule has 0 unspecified atom stereocenters. The third-order valence-electron chi connectivity index (χ3n) is 3.42. The van der Waals surface area contributed by atoms with Gasteiger partial charge in [-0.2, -0.15) is 0 Å². The Morgan fingerprint density at radius 3 is 2.65 bits per heavy atom. The summed E-state index contributed by atoms with van der Waals surface area (Å²) in [7, 11) is 0. The highest BCUT2D eigenvalue weighted by Gasteiger charge is 2.34. The second-order valence-corrected chi connectivity index (χ2v) is 5.18. The van der Waals surface area contributed by atoms with E-state index in [2.05, 4.69) is 19.2 Å². The minimum atomic E-state index is 0.0233. The van der Waals surface area contributed by atoms with Gasteiger partial charge in [-0.3, -0.25) is 4.79 Å². The number of hydrogen-bond donors (Lipinski definition) is 1. The number of hydrogen-bond acceptors (Lipinski definition) is 2. The Kier molecular flexibility index (Phi) is 3.36. The van der Waals surface area contributed by atoms with Crippen molar-refractivity contribution in [3.8, 4) is 0 Å². The zero-order chi connectivity index (χ0) is 12.3. The second kappa shape index (κ2) is 4.78. The number of nitrogens with zero attached hydrogens (tertiary/aromatic N) is 1. The lowest BCUT2D eigenvalue weighted by Crippen LogP contribution is -2.45. The number of amides is 1. The first-order chi connectivity index (χ1) is 8.09. The fourth-order valence-corrected chi connectivity index (χ4v) is 2.40. The van der Waals surface area contributed by atoms with Crippen LogP contribution < -0.4 is 5.32 Å². The average Bonchev–Trinajstić information content (AvgIpc) is 2.67. The van der Waals surface area contributed by atoms with Crippen LogP contribution in [0.4, 0.5) is 5.69 Å². The molecule has 1 fully saturated rings. The Bertz CT molecular complexity index is 386. The van der Waals surface area contributed by atoms with Crippen LogP contribution in [0.15, 0.2) is 30.3 Å². The van der Waals surface area contributed by atoms with Crippen LogP contribution in [0.5, 0.6) is 0 Å². The Morgan fingerprint density at radius 2 is 2.06 bits per heavy atom. The molecule has 1 aromatic rings. The quantitative estimate of drug-likeness (QED) is 0.868. The third-order valence-corrected chi connectivity index (χ3v) is 3.42. The summed E-state index contributed by atoms with van der Waals surface area (Å²) in [5.74, 6) is 0.191. The molecule has 0 spiro atoms. The maximum atomic E-state index is 12.1. The summed E-state index contributed by atoms with van der Waals surface area (Å²) >= 11 is 0. The molecule has 1 N–H and O–H groups in total. The predicted molar refractivity (Wildman–Crippen MR) is 70.0 cm³/mol. The van der Waals surface area contributed by atoms with E-state index in [4.69, 9.17) is 0 Å². The summed E-state index contributed by atoms with van der Waals surface area (Å²) in [6.45, 7) is 5.55. The van der Waals surface area contributed by atoms with Crippen molar-refractivity contribution in [1.82, 2.24) is 4.90 Å². The lowest BCUT2D eigenvalue weighted by molar-refractivity contribution is -0.132. The Labute approximate surface area is 103 Å². The highest BCUT2D eigenvalue weighted by Crippen LogP contribution is 2.28. The van der Waals surface area contributed by atoms with Gasteiger partial charge in [0.05, 0.1) is 6.54 Å². The molecule has 1 saturated heterocycles. The Morgan fingerprint density at radius 1 is 1.35 bits per heavy atom. The van der Waals surface area contributed by atoms with Crippen molar-refractivity contribution < 1.29 is 4.79 Å². The molecule has 0 aromatic heterocycles. The summed E-state index contributed by atoms with van der Waals surface area (Å²) in [5.41, 5.74) is 1.02. The van der Waals surface area contributed by atoms with Gasteiger partial charge in [0.15, 0.2) is 0 Å². The fraction of sp³-hybridized carbons (Fsp3) is 0.500. The van der Waals surface area contributed by atoms with E-state index >= 15 is 0 Å². The average molecular weight is 232 g/mol. The van der Waals surface area contributed by atoms with Crippen LogP contribution in [0.25, 0.3) is 0 Å². The molecule has 3 nitrogen and oxygen atoms in total. The molecule has 2 rings (SSSR count). The van der Waals surface area contributed by atoms with Crippen molar-refractivity contribution in [1.29, 1.82) is 0 Å². The molecule has 1 aliphatic heterocycles. The Balaban J connectivity index is 1.90. The van der Waals surface area contributed by atoms with Crippen molar-refractivity contribution in [3.05, 3.63) is 30.3 Å². The van der Waals surface area contributed by atoms with Crippen molar-refractivity contribution in [3.63, 3.8) is 0 Å². The summed E-state index contributed by atoms with van der Waals surface area (Å²) < 4.78 is 0. The number of carbonyl (C=O) groups is 1. The van der Waals surface area contributed by atoms with Gasteiger partial charge in [0.1, 0.15) is 0 Å². The number of likely N-dealkylation sites (tertiary alicyclic amines) is 1. The van der Waals surface area contributed by atoms with Gasteiger partial charge in [-0.25, -0.2) is 0 Å². The van der Waals surface area contributed by atoms with Gasteiger partial charge in [-0.05, 0) is 38.8 Å². The molecular weight excluding hydrogens is 212 g/mol. The van der Waals surface area contributed by atoms with Crippen LogP contribution in [-0.4, -0.2) is 29.4 Å². The minimum Gasteiger partial charge on any atom is -0.376 e. The number of rotatable bonds is 3. The van der Waals surface area contributed by atoms with Crippen molar-refractivity contribution >= 4 is 11.6 Å². The van der Waals surface area contributed by atoms with Crippen LogP contribution >= 0.6 is 0 Å². The number of nitrogens with one attached hydrogen (secondary N) is 1. The molecule has 92 valence electrons. The number of benzene rings is 1. The molecular formula is C14H20N2O. The summed E-state index contributed by atoms with van der Waals surface area (Å²) in [5, 5.41) is 3.17. The van der Waals surface area contributed by atoms with Crippen molar-refractivity contribution in [2.75, 3.05) is 18.4 Å². The number of carbonyl (C=O) groups excluding carboxylic acids is 1. The zero-order valence-corrected chi connectivity index (χ0v) is 10.6. The first-order valence-electron chi connectivity index (χ1n) is 6.19. The largest absolute Gasteiger partial charge is 0.376 e. The molecule has 17 heavy (non-hydrogen) atoms. The smallest absolute Gasteiger partial charge is 0.242 e. The molecule has 1 amide bonds. The van der Waals surface area contributed by atoms with Gasteiger partial charge in [0, 0.05) is 17.8 Å². The molecule has 0 saturated carbocycles. The van der Waals surface area contributed by atoms with E-state index in [9.17, 15) is 4.79 Å². The van der Waals surface area contributed by atoms with Gasteiger partial charge in [-0.15, -0.1) is 0 Å². The van der Waals surface area contributed by atoms with E-state index in [1.807, 2.05) is 35.2 Å². The lowest BCUT2D eigenvalue weighted by atomic mass is 10.0. The molecule has 0 bridgehead atoms. The van der Waals surface area contributed by atoms with E-state index in [1.54, 1.807) is 0 Å². The first kappa shape index (κ1) is 12.0. The third kappa shape index (κ3) is 2.78. The SMILES string of the molecule is CC1(C)CCCN1C(=O)CNc1ccccc1. The molecule has 0 aliphatic carbocycles. The molecule has 3 heteroatoms. The highest BCUT2D eigenvalue weighted by atomic mass is 16.2. The summed E-state index contributed by atoms with van der Waals surface area (Å²) in [6, 6.07) is 9.85. The van der Waals surface area contributed by atoms with E-state index in [0.29, 0.717) is 6.54 Å². The van der Waals surface area contributed by atoms with E-state index in [1.165, 1.54) is 0 Å². The van der Waals surface area contributed by atoms with Crippen LogP contribution in [0.2, 0.25) is 0 Å². The van der Waals surface area contributed by atoms with Gasteiger partial charge in [-0.1, -0.05) is 18.2 Å². The Hall–Kier alpha value is -1.51. The maximum Gasteiger partial charge on any atom is 0.242 e. The second-order valence-electron chi connectivity index (χ2n) is 5.18. The van der Waals surface area contributed by atoms with Gasteiger partial charge >= 0.3 is 0 Å². The molecule has 1 aliphatic rings. The van der Waals surface area contributed by atoms with E-state index in [-0.39, 0.29) is 11.4 Å². The van der Waals surface area contributed by atoms with Crippen LogP contribution in [0, 0.1) is 0 Å². The first-order valence-corrected chi connectivity index (χ1v) is 6.19. The standard InChI is InChI=1S/C14H20N2O/c1-14(2)9-6-10-16(14)13(17)11-15-12-7-4-3-5-8-12/h3-5,7-8,15H,6,9-11H2,1-2H3. The van der Waals surface area contributed by atoms with Crippen LogP contribution in [-0.2, 0) is 4.79 Å². The van der Waals surface area contributed by atoms with Crippen molar-refractivity contribution in [2.24, 2.45) is 0 Å². The normalized spacial score (nSPS) is 18.1. The molecule has 1 heterocycles. The zero-order valence-electron chi connectivity index (χ0n) is 10.6. The van der Waals surface area contributed by atoms with Crippen LogP contribution in [0.3, 0.4) is 0 Å². The van der Waals surface area contributed by atoms with E-state index < -0.39 is 0 Å². The van der Waals surface area contributed by atoms with Crippen molar-refractivity contribution in [2.45, 2.75) is 32.2 Å². The fourth-order valence-electron chi connectivity index (χ4n) is 2.40. The van der Waals surface area contributed by atoms with Gasteiger partial charge in [0.25, 0.3) is 0 Å². The minimum absolute atomic E-state index is 0.0233. The van der Waals surface area contributed by atoms with Crippen LogP contribution in [0.1, 0.15) is 26.7 Å². The number of para-hydroxylation sites is 1.